The van der Waals surface area contributed by atoms with Crippen LogP contribution in [-0.2, 0) is 9.59 Å². The van der Waals surface area contributed by atoms with Gasteiger partial charge in [0.25, 0.3) is 5.91 Å². The van der Waals surface area contributed by atoms with E-state index in [0.29, 0.717) is 5.56 Å². The van der Waals surface area contributed by atoms with Crippen LogP contribution in [0, 0.1) is 6.92 Å². The van der Waals surface area contributed by atoms with Gasteiger partial charge in [0.2, 0.25) is 5.91 Å². The third kappa shape index (κ3) is 3.55. The molecular weight excluding hydrogens is 238 g/mol. The van der Waals surface area contributed by atoms with E-state index in [1.54, 1.807) is 19.1 Å². The Morgan fingerprint density at radius 2 is 2.17 bits per heavy atom. The van der Waals surface area contributed by atoms with Crippen molar-refractivity contribution in [3.05, 3.63) is 29.6 Å². The highest BCUT2D eigenvalue weighted by Gasteiger charge is 2.23. The molecule has 1 aromatic heterocycles. The van der Waals surface area contributed by atoms with Gasteiger partial charge in [0.1, 0.15) is 11.7 Å². The molecule has 1 heterocycles. The molecule has 0 aliphatic rings. The first-order valence-electron chi connectivity index (χ1n) is 5.15. The molecule has 0 aromatic carbocycles. The van der Waals surface area contributed by atoms with E-state index in [1.165, 1.54) is 6.20 Å². The zero-order valence-corrected chi connectivity index (χ0v) is 9.71. The molecule has 0 spiro atoms. The van der Waals surface area contributed by atoms with E-state index in [0.717, 1.165) is 0 Å². The Hall–Kier alpha value is -2.44. The lowest BCUT2D eigenvalue weighted by atomic mass is 10.1. The maximum atomic E-state index is 11.8. The largest absolute Gasteiger partial charge is 0.480 e. The van der Waals surface area contributed by atoms with Crippen LogP contribution in [0.4, 0.5) is 0 Å². The molecule has 4 N–H and O–H groups in total. The highest BCUT2D eigenvalue weighted by molar-refractivity contribution is 5.97. The van der Waals surface area contributed by atoms with Crippen LogP contribution in [-0.4, -0.2) is 33.9 Å². The zero-order valence-electron chi connectivity index (χ0n) is 9.71. The van der Waals surface area contributed by atoms with Gasteiger partial charge in [0.15, 0.2) is 0 Å². The van der Waals surface area contributed by atoms with Gasteiger partial charge in [-0.05, 0) is 18.6 Å². The van der Waals surface area contributed by atoms with Crippen LogP contribution < -0.4 is 11.1 Å². The van der Waals surface area contributed by atoms with Crippen LogP contribution in [0.15, 0.2) is 18.3 Å². The lowest BCUT2D eigenvalue weighted by Crippen LogP contribution is -2.43. The minimum absolute atomic E-state index is 0.119. The molecule has 1 atom stereocenters. The molecule has 0 fully saturated rings. The first-order chi connectivity index (χ1) is 8.41. The smallest absolute Gasteiger partial charge is 0.326 e. The number of amides is 2. The van der Waals surface area contributed by atoms with Crippen molar-refractivity contribution in [2.75, 3.05) is 0 Å². The number of aromatic nitrogens is 1. The van der Waals surface area contributed by atoms with E-state index in [-0.39, 0.29) is 5.69 Å². The fourth-order valence-corrected chi connectivity index (χ4v) is 1.35. The molecular formula is C11H13N3O4. The van der Waals surface area contributed by atoms with Crippen molar-refractivity contribution < 1.29 is 19.5 Å². The molecule has 0 saturated carbocycles. The Kier molecular flexibility index (Phi) is 4.36. The maximum absolute atomic E-state index is 11.8. The van der Waals surface area contributed by atoms with Crippen LogP contribution in [0.5, 0.6) is 0 Å². The number of pyridine rings is 1. The number of aryl methyl sites for hydroxylation is 1. The number of hydrogen-bond acceptors (Lipinski definition) is 4. The fourth-order valence-electron chi connectivity index (χ4n) is 1.35. The second-order valence-corrected chi connectivity index (χ2v) is 3.70. The van der Waals surface area contributed by atoms with Crippen LogP contribution in [0.3, 0.4) is 0 Å². The van der Waals surface area contributed by atoms with Crippen LogP contribution in [0.25, 0.3) is 0 Å². The highest BCUT2D eigenvalue weighted by Crippen LogP contribution is 2.04. The van der Waals surface area contributed by atoms with E-state index >= 15 is 0 Å². The molecule has 0 aliphatic heterocycles. The second kappa shape index (κ2) is 5.76. The summed E-state index contributed by atoms with van der Waals surface area (Å²) in [6.45, 7) is 1.67. The Labute approximate surface area is 103 Å². The van der Waals surface area contributed by atoms with E-state index < -0.39 is 30.2 Å². The van der Waals surface area contributed by atoms with E-state index in [1.807, 2.05) is 0 Å². The van der Waals surface area contributed by atoms with Gasteiger partial charge >= 0.3 is 5.97 Å². The third-order valence-electron chi connectivity index (χ3n) is 2.23. The third-order valence-corrected chi connectivity index (χ3v) is 2.23. The van der Waals surface area contributed by atoms with Gasteiger partial charge in [-0.3, -0.25) is 14.6 Å². The number of primary amides is 1. The summed E-state index contributed by atoms with van der Waals surface area (Å²) >= 11 is 0. The van der Waals surface area contributed by atoms with Gasteiger partial charge in [0, 0.05) is 6.20 Å². The average molecular weight is 251 g/mol. The summed E-state index contributed by atoms with van der Waals surface area (Å²) in [6, 6.07) is 1.98. The number of carboxylic acid groups (broad SMARTS) is 1. The summed E-state index contributed by atoms with van der Waals surface area (Å²) < 4.78 is 0. The summed E-state index contributed by atoms with van der Waals surface area (Å²) in [6.07, 6.45) is 0.957. The van der Waals surface area contributed by atoms with E-state index in [4.69, 9.17) is 10.8 Å². The Balaban J connectivity index is 2.82. The van der Waals surface area contributed by atoms with Gasteiger partial charge in [-0.2, -0.15) is 0 Å². The molecule has 0 saturated heterocycles. The molecule has 1 rings (SSSR count). The number of aliphatic carboxylic acids is 1. The fraction of sp³-hybridized carbons (Fsp3) is 0.273. The first-order valence-corrected chi connectivity index (χ1v) is 5.15. The quantitative estimate of drug-likeness (QED) is 0.648. The summed E-state index contributed by atoms with van der Waals surface area (Å²) in [5.74, 6) is -2.78. The highest BCUT2D eigenvalue weighted by atomic mass is 16.4. The lowest BCUT2D eigenvalue weighted by Gasteiger charge is -2.13. The summed E-state index contributed by atoms with van der Waals surface area (Å²) in [5, 5.41) is 11.0. The molecule has 0 radical (unpaired) electrons. The monoisotopic (exact) mass is 251 g/mol. The van der Waals surface area contributed by atoms with Crippen LogP contribution in [0.1, 0.15) is 22.5 Å². The molecule has 2 amide bonds. The molecule has 18 heavy (non-hydrogen) atoms. The number of nitrogens with two attached hydrogens (primary N) is 1. The number of hydrogen-bond donors (Lipinski definition) is 3. The Morgan fingerprint density at radius 1 is 1.50 bits per heavy atom. The number of carbonyl (C=O) groups excluding carboxylic acids is 2. The van der Waals surface area contributed by atoms with Crippen molar-refractivity contribution in [1.29, 1.82) is 0 Å². The summed E-state index contributed by atoms with van der Waals surface area (Å²) in [7, 11) is 0. The molecule has 1 aromatic rings. The maximum Gasteiger partial charge on any atom is 0.326 e. The topological polar surface area (TPSA) is 122 Å². The minimum Gasteiger partial charge on any atom is -0.480 e. The molecule has 0 aliphatic carbocycles. The number of carbonyl (C=O) groups is 3. The predicted molar refractivity (Wildman–Crippen MR) is 61.7 cm³/mol. The average Bonchev–Trinajstić information content (AvgIpc) is 2.27. The molecule has 7 heteroatoms. The van der Waals surface area contributed by atoms with Crippen molar-refractivity contribution >= 4 is 17.8 Å². The van der Waals surface area contributed by atoms with Crippen molar-refractivity contribution in [2.45, 2.75) is 19.4 Å². The van der Waals surface area contributed by atoms with Crippen LogP contribution >= 0.6 is 0 Å². The van der Waals surface area contributed by atoms with Crippen LogP contribution in [0.2, 0.25) is 0 Å². The zero-order chi connectivity index (χ0) is 13.7. The SMILES string of the molecule is Cc1cccnc1C(=O)N[C@H](CC(N)=O)C(=O)O. The number of nitrogens with zero attached hydrogens (tertiary/aromatic N) is 1. The second-order valence-electron chi connectivity index (χ2n) is 3.70. The van der Waals surface area contributed by atoms with Gasteiger partial charge in [-0.25, -0.2) is 4.79 Å². The Bertz CT molecular complexity index is 487. The lowest BCUT2D eigenvalue weighted by molar-refractivity contribution is -0.140. The Morgan fingerprint density at radius 3 is 2.67 bits per heavy atom. The summed E-state index contributed by atoms with van der Waals surface area (Å²) in [4.78, 5) is 37.2. The standard InChI is InChI=1S/C11H13N3O4/c1-6-3-2-4-13-9(6)10(16)14-7(11(17)18)5-8(12)15/h2-4,7H,5H2,1H3,(H2,12,15)(H,14,16)(H,17,18)/t7-/m1/s1. The van der Waals surface area contributed by atoms with Gasteiger partial charge in [-0.15, -0.1) is 0 Å². The van der Waals surface area contributed by atoms with Gasteiger partial charge < -0.3 is 16.2 Å². The van der Waals surface area contributed by atoms with Gasteiger partial charge in [0.05, 0.1) is 6.42 Å². The van der Waals surface area contributed by atoms with Crippen molar-refractivity contribution in [3.63, 3.8) is 0 Å². The van der Waals surface area contributed by atoms with E-state index in [2.05, 4.69) is 10.3 Å². The van der Waals surface area contributed by atoms with E-state index in [9.17, 15) is 14.4 Å². The summed E-state index contributed by atoms with van der Waals surface area (Å²) in [5.41, 5.74) is 5.63. The van der Waals surface area contributed by atoms with Crippen molar-refractivity contribution in [1.82, 2.24) is 10.3 Å². The van der Waals surface area contributed by atoms with Crippen molar-refractivity contribution in [2.24, 2.45) is 5.73 Å². The predicted octanol–water partition coefficient (Wildman–Crippen LogP) is -0.552. The number of carboxylic acids is 1. The molecule has 0 bridgehead atoms. The number of nitrogens with one attached hydrogen (secondary N) is 1. The molecule has 0 unspecified atom stereocenters. The van der Waals surface area contributed by atoms with Crippen molar-refractivity contribution in [3.8, 4) is 0 Å². The normalized spacial score (nSPS) is 11.6. The first kappa shape index (κ1) is 13.6. The number of rotatable bonds is 5. The molecule has 7 nitrogen and oxygen atoms in total. The van der Waals surface area contributed by atoms with Gasteiger partial charge in [-0.1, -0.05) is 6.07 Å². The minimum atomic E-state index is -1.35. The molecule has 96 valence electrons.